The minimum Gasteiger partial charge on any atom is -0.492 e. The van der Waals surface area contributed by atoms with Gasteiger partial charge >= 0.3 is 0 Å². The van der Waals surface area contributed by atoms with E-state index < -0.39 is 0 Å². The van der Waals surface area contributed by atoms with Crippen molar-refractivity contribution in [1.82, 2.24) is 5.32 Å². The quantitative estimate of drug-likeness (QED) is 0.727. The summed E-state index contributed by atoms with van der Waals surface area (Å²) >= 11 is 3.52. The molecule has 0 aliphatic carbocycles. The smallest absolute Gasteiger partial charge is 0.133 e. The van der Waals surface area contributed by atoms with E-state index in [9.17, 15) is 0 Å². The van der Waals surface area contributed by atoms with Crippen LogP contribution in [-0.2, 0) is 0 Å². The van der Waals surface area contributed by atoms with E-state index in [2.05, 4.69) is 54.2 Å². The monoisotopic (exact) mass is 313 g/mol. The summed E-state index contributed by atoms with van der Waals surface area (Å²) in [4.78, 5) is 0. The first-order valence-corrected chi connectivity index (χ1v) is 7.48. The van der Waals surface area contributed by atoms with Crippen LogP contribution in [0.2, 0.25) is 0 Å². The van der Waals surface area contributed by atoms with Crippen molar-refractivity contribution < 1.29 is 4.74 Å². The van der Waals surface area contributed by atoms with Gasteiger partial charge in [0.05, 0.1) is 11.1 Å². The number of aryl methyl sites for hydroxylation is 1. The Hall–Kier alpha value is -0.540. The fourth-order valence-corrected chi connectivity index (χ4v) is 2.26. The SMILES string of the molecule is Cc1ccc(OCCCCNCC(C)C)c(Br)c1. The average molecular weight is 314 g/mol. The van der Waals surface area contributed by atoms with Crippen molar-refractivity contribution in [1.29, 1.82) is 0 Å². The lowest BCUT2D eigenvalue weighted by molar-refractivity contribution is 0.303. The zero-order chi connectivity index (χ0) is 13.4. The van der Waals surface area contributed by atoms with Gasteiger partial charge in [0.2, 0.25) is 0 Å². The molecule has 102 valence electrons. The molecule has 0 aliphatic heterocycles. The van der Waals surface area contributed by atoms with Gasteiger partial charge in [-0.15, -0.1) is 0 Å². The summed E-state index contributed by atoms with van der Waals surface area (Å²) in [7, 11) is 0. The van der Waals surface area contributed by atoms with Gasteiger partial charge in [0, 0.05) is 0 Å². The molecule has 0 spiro atoms. The Bertz CT molecular complexity index is 352. The molecule has 0 atom stereocenters. The molecule has 0 saturated heterocycles. The predicted molar refractivity (Wildman–Crippen MR) is 81.3 cm³/mol. The van der Waals surface area contributed by atoms with Gasteiger partial charge in [-0.2, -0.15) is 0 Å². The van der Waals surface area contributed by atoms with Crippen LogP contribution in [0, 0.1) is 12.8 Å². The van der Waals surface area contributed by atoms with Gasteiger partial charge in [-0.1, -0.05) is 19.9 Å². The highest BCUT2D eigenvalue weighted by molar-refractivity contribution is 9.10. The first-order valence-electron chi connectivity index (χ1n) is 6.69. The summed E-state index contributed by atoms with van der Waals surface area (Å²) in [6, 6.07) is 6.18. The summed E-state index contributed by atoms with van der Waals surface area (Å²) in [6.07, 6.45) is 2.25. The molecule has 0 fully saturated rings. The minimum atomic E-state index is 0.727. The zero-order valence-electron chi connectivity index (χ0n) is 11.6. The second kappa shape index (κ2) is 8.54. The number of hydrogen-bond acceptors (Lipinski definition) is 2. The molecular weight excluding hydrogens is 290 g/mol. The van der Waals surface area contributed by atoms with Crippen LogP contribution < -0.4 is 10.1 Å². The third-order valence-corrected chi connectivity index (χ3v) is 3.27. The number of hydrogen-bond donors (Lipinski definition) is 1. The molecular formula is C15H24BrNO. The van der Waals surface area contributed by atoms with E-state index in [1.165, 1.54) is 5.56 Å². The fraction of sp³-hybridized carbons (Fsp3) is 0.600. The molecule has 1 N–H and O–H groups in total. The van der Waals surface area contributed by atoms with Crippen LogP contribution in [0.1, 0.15) is 32.3 Å². The van der Waals surface area contributed by atoms with E-state index >= 15 is 0 Å². The van der Waals surface area contributed by atoms with Crippen molar-refractivity contribution in [2.24, 2.45) is 5.92 Å². The number of rotatable bonds is 8. The molecule has 0 saturated carbocycles. The normalized spacial score (nSPS) is 10.9. The van der Waals surface area contributed by atoms with Crippen molar-refractivity contribution in [3.63, 3.8) is 0 Å². The Balaban J connectivity index is 2.11. The Kier molecular flexibility index (Phi) is 7.36. The lowest BCUT2D eigenvalue weighted by Gasteiger charge is -2.09. The van der Waals surface area contributed by atoms with Gasteiger partial charge in [-0.05, 0) is 72.4 Å². The van der Waals surface area contributed by atoms with E-state index in [-0.39, 0.29) is 0 Å². The second-order valence-electron chi connectivity index (χ2n) is 5.09. The van der Waals surface area contributed by atoms with Crippen LogP contribution in [0.15, 0.2) is 22.7 Å². The molecule has 0 unspecified atom stereocenters. The number of benzene rings is 1. The summed E-state index contributed by atoms with van der Waals surface area (Å²) in [5.74, 6) is 1.67. The summed E-state index contributed by atoms with van der Waals surface area (Å²) in [5.41, 5.74) is 1.24. The van der Waals surface area contributed by atoms with Gasteiger partial charge in [-0.25, -0.2) is 0 Å². The average Bonchev–Trinajstić information content (AvgIpc) is 2.30. The highest BCUT2D eigenvalue weighted by atomic mass is 79.9. The molecule has 1 rings (SSSR count). The Morgan fingerprint density at radius 3 is 2.72 bits per heavy atom. The standard InChI is InChI=1S/C15H24BrNO/c1-12(2)11-17-8-4-5-9-18-15-7-6-13(3)10-14(15)16/h6-7,10,12,17H,4-5,8-9,11H2,1-3H3. The van der Waals surface area contributed by atoms with Gasteiger partial charge in [-0.3, -0.25) is 0 Å². The fourth-order valence-electron chi connectivity index (χ4n) is 1.65. The maximum Gasteiger partial charge on any atom is 0.133 e. The van der Waals surface area contributed by atoms with Crippen molar-refractivity contribution in [3.8, 4) is 5.75 Å². The largest absolute Gasteiger partial charge is 0.492 e. The van der Waals surface area contributed by atoms with Crippen LogP contribution in [0.25, 0.3) is 0 Å². The third kappa shape index (κ3) is 6.41. The molecule has 0 aliphatic rings. The summed E-state index contributed by atoms with van der Waals surface area (Å²) in [6.45, 7) is 9.50. The molecule has 0 aromatic heterocycles. The topological polar surface area (TPSA) is 21.3 Å². The molecule has 0 bridgehead atoms. The first kappa shape index (κ1) is 15.5. The molecule has 3 heteroatoms. The Morgan fingerprint density at radius 2 is 2.06 bits per heavy atom. The number of halogens is 1. The molecule has 0 amide bonds. The van der Waals surface area contributed by atoms with Crippen LogP contribution in [0.3, 0.4) is 0 Å². The van der Waals surface area contributed by atoms with E-state index in [1.807, 2.05) is 6.07 Å². The first-order chi connectivity index (χ1) is 8.59. The van der Waals surface area contributed by atoms with E-state index in [0.717, 1.165) is 48.7 Å². The molecule has 18 heavy (non-hydrogen) atoms. The maximum atomic E-state index is 5.74. The van der Waals surface area contributed by atoms with Gasteiger partial charge in [0.1, 0.15) is 5.75 Å². The molecule has 0 heterocycles. The Labute approximate surface area is 119 Å². The van der Waals surface area contributed by atoms with Crippen LogP contribution >= 0.6 is 15.9 Å². The van der Waals surface area contributed by atoms with Gasteiger partial charge in [0.25, 0.3) is 0 Å². The molecule has 2 nitrogen and oxygen atoms in total. The van der Waals surface area contributed by atoms with E-state index in [4.69, 9.17) is 4.74 Å². The highest BCUT2D eigenvalue weighted by Crippen LogP contribution is 2.25. The number of nitrogens with one attached hydrogen (secondary N) is 1. The number of unbranched alkanes of at least 4 members (excludes halogenated alkanes) is 1. The van der Waals surface area contributed by atoms with Crippen LogP contribution in [0.4, 0.5) is 0 Å². The Morgan fingerprint density at radius 1 is 1.28 bits per heavy atom. The second-order valence-corrected chi connectivity index (χ2v) is 5.94. The van der Waals surface area contributed by atoms with Gasteiger partial charge < -0.3 is 10.1 Å². The summed E-state index contributed by atoms with van der Waals surface area (Å²) < 4.78 is 6.79. The zero-order valence-corrected chi connectivity index (χ0v) is 13.2. The predicted octanol–water partition coefficient (Wildman–Crippen LogP) is 4.16. The lowest BCUT2D eigenvalue weighted by Crippen LogP contribution is -2.21. The van der Waals surface area contributed by atoms with Crippen LogP contribution in [-0.4, -0.2) is 19.7 Å². The third-order valence-electron chi connectivity index (χ3n) is 2.65. The van der Waals surface area contributed by atoms with E-state index in [0.29, 0.717) is 0 Å². The van der Waals surface area contributed by atoms with Crippen molar-refractivity contribution in [3.05, 3.63) is 28.2 Å². The van der Waals surface area contributed by atoms with Crippen molar-refractivity contribution >= 4 is 15.9 Å². The number of ether oxygens (including phenoxy) is 1. The van der Waals surface area contributed by atoms with Crippen molar-refractivity contribution in [2.45, 2.75) is 33.6 Å². The maximum absolute atomic E-state index is 5.74. The summed E-state index contributed by atoms with van der Waals surface area (Å²) in [5, 5.41) is 3.44. The molecule has 0 radical (unpaired) electrons. The lowest BCUT2D eigenvalue weighted by atomic mass is 10.2. The van der Waals surface area contributed by atoms with Gasteiger partial charge in [0.15, 0.2) is 0 Å². The minimum absolute atomic E-state index is 0.727. The molecule has 1 aromatic rings. The highest BCUT2D eigenvalue weighted by Gasteiger charge is 2.00. The molecule has 1 aromatic carbocycles. The van der Waals surface area contributed by atoms with Crippen LogP contribution in [0.5, 0.6) is 5.75 Å². The van der Waals surface area contributed by atoms with E-state index in [1.54, 1.807) is 0 Å². The van der Waals surface area contributed by atoms with Crippen molar-refractivity contribution in [2.75, 3.05) is 19.7 Å².